The molecule has 3 heterocycles. The lowest BCUT2D eigenvalue weighted by Crippen LogP contribution is -2.60. The van der Waals surface area contributed by atoms with E-state index in [0.29, 0.717) is 11.5 Å². The van der Waals surface area contributed by atoms with Crippen LogP contribution < -0.4 is 14.8 Å². The third-order valence-electron chi connectivity index (χ3n) is 7.94. The fourth-order valence-electron chi connectivity index (χ4n) is 5.95. The summed E-state index contributed by atoms with van der Waals surface area (Å²) in [5.41, 5.74) is 3.38. The average Bonchev–Trinajstić information content (AvgIpc) is 3.28. The lowest BCUT2D eigenvalue weighted by molar-refractivity contribution is -0.150. The summed E-state index contributed by atoms with van der Waals surface area (Å²) in [4.78, 5) is 23.9. The number of benzene rings is 1. The summed E-state index contributed by atoms with van der Waals surface area (Å²) in [7, 11) is 1.54. The second-order valence-corrected chi connectivity index (χ2v) is 10.9. The number of carbonyl (C=O) groups is 1. The van der Waals surface area contributed by atoms with Crippen LogP contribution in [-0.2, 0) is 0 Å². The predicted octanol–water partition coefficient (Wildman–Crippen LogP) is 5.97. The average molecular weight is 542 g/mol. The number of rotatable bonds is 8. The highest BCUT2D eigenvalue weighted by Gasteiger charge is 2.47. The number of aryl methyl sites for hydroxylation is 1. The van der Waals surface area contributed by atoms with E-state index in [1.54, 1.807) is 19.4 Å². The van der Waals surface area contributed by atoms with Crippen LogP contribution in [0.3, 0.4) is 0 Å². The summed E-state index contributed by atoms with van der Waals surface area (Å²) in [5.74, 6) is -0.585. The van der Waals surface area contributed by atoms with Gasteiger partial charge in [-0.3, -0.25) is 14.3 Å². The Hall–Kier alpha value is -3.27. The molecule has 2 aromatic heterocycles. The number of methoxy groups -OCH3 is 1. The van der Waals surface area contributed by atoms with Crippen molar-refractivity contribution in [2.75, 3.05) is 20.2 Å². The molecule has 0 spiro atoms. The number of aromatic nitrogens is 3. The monoisotopic (exact) mass is 541 g/mol. The van der Waals surface area contributed by atoms with Crippen molar-refractivity contribution in [3.05, 3.63) is 42.1 Å². The Bertz CT molecular complexity index is 1330. The molecular weight excluding hydrogens is 504 g/mol. The van der Waals surface area contributed by atoms with Crippen LogP contribution in [0, 0.1) is 6.92 Å². The van der Waals surface area contributed by atoms with E-state index in [9.17, 15) is 13.6 Å². The first kappa shape index (κ1) is 27.3. The van der Waals surface area contributed by atoms with E-state index in [1.807, 2.05) is 37.1 Å². The number of likely N-dealkylation sites (tertiary alicyclic amines) is 1. The fraction of sp³-hybridized carbons (Fsp3) is 0.552. The van der Waals surface area contributed by atoms with E-state index in [-0.39, 0.29) is 31.1 Å². The van der Waals surface area contributed by atoms with Crippen LogP contribution >= 0.6 is 0 Å². The number of hydrogen-bond acceptors (Lipinski definition) is 6. The molecule has 1 aliphatic carbocycles. The molecule has 3 aromatic rings. The largest absolute Gasteiger partial charge is 0.493 e. The first-order valence-electron chi connectivity index (χ1n) is 13.8. The van der Waals surface area contributed by atoms with E-state index in [0.717, 1.165) is 66.8 Å². The summed E-state index contributed by atoms with van der Waals surface area (Å²) in [5, 5.41) is 2.84. The maximum Gasteiger partial charge on any atom is 0.412 e. The molecule has 0 unspecified atom stereocenters. The number of carbonyl (C=O) groups excluding carboxylic acids is 1. The third-order valence-corrected chi connectivity index (χ3v) is 7.94. The van der Waals surface area contributed by atoms with E-state index < -0.39 is 12.0 Å². The predicted molar refractivity (Wildman–Crippen MR) is 145 cm³/mol. The smallest absolute Gasteiger partial charge is 0.412 e. The number of nitrogens with zero attached hydrogens (tertiary/aromatic N) is 4. The molecule has 39 heavy (non-hydrogen) atoms. The van der Waals surface area contributed by atoms with Gasteiger partial charge >= 0.3 is 6.09 Å². The highest BCUT2D eigenvalue weighted by atomic mass is 19.3. The molecule has 8 nitrogen and oxygen atoms in total. The number of halogens is 2. The molecule has 1 aromatic carbocycles. The number of imidazole rings is 1. The number of ether oxygens (including phenoxy) is 2. The first-order chi connectivity index (χ1) is 18.7. The van der Waals surface area contributed by atoms with Crippen molar-refractivity contribution in [2.24, 2.45) is 0 Å². The van der Waals surface area contributed by atoms with Crippen molar-refractivity contribution in [3.63, 3.8) is 0 Å². The Labute approximate surface area is 227 Å². The molecule has 5 rings (SSSR count). The lowest BCUT2D eigenvalue weighted by atomic mass is 9.83. The van der Waals surface area contributed by atoms with Crippen LogP contribution in [0.2, 0.25) is 0 Å². The molecule has 10 heteroatoms. The number of nitrogens with one attached hydrogen (secondary N) is 1. The molecule has 1 atom stereocenters. The number of alkyl halides is 2. The van der Waals surface area contributed by atoms with Gasteiger partial charge in [0.2, 0.25) is 0 Å². The molecule has 1 aliphatic heterocycles. The van der Waals surface area contributed by atoms with Gasteiger partial charge in [-0.1, -0.05) is 13.3 Å². The fourth-order valence-corrected chi connectivity index (χ4v) is 5.95. The van der Waals surface area contributed by atoms with E-state index in [2.05, 4.69) is 21.6 Å². The Kier molecular flexibility index (Phi) is 7.75. The number of hydrogen-bond donors (Lipinski definition) is 1. The van der Waals surface area contributed by atoms with E-state index in [1.165, 1.54) is 0 Å². The first-order valence-corrected chi connectivity index (χ1v) is 13.8. The Morgan fingerprint density at radius 2 is 1.95 bits per heavy atom. The molecule has 1 N–H and O–H groups in total. The highest BCUT2D eigenvalue weighted by Crippen LogP contribution is 2.41. The van der Waals surface area contributed by atoms with Gasteiger partial charge in [0, 0.05) is 36.0 Å². The summed E-state index contributed by atoms with van der Waals surface area (Å²) < 4.78 is 40.0. The van der Waals surface area contributed by atoms with Crippen molar-refractivity contribution in [1.29, 1.82) is 0 Å². The molecule has 2 fully saturated rings. The van der Waals surface area contributed by atoms with Crippen molar-refractivity contribution in [1.82, 2.24) is 24.6 Å². The van der Waals surface area contributed by atoms with Gasteiger partial charge in [0.25, 0.3) is 5.92 Å². The minimum Gasteiger partial charge on any atom is -0.493 e. The minimum absolute atomic E-state index is 0.0143. The summed E-state index contributed by atoms with van der Waals surface area (Å²) in [6.07, 6.45) is 8.59. The molecule has 210 valence electrons. The molecule has 1 saturated heterocycles. The van der Waals surface area contributed by atoms with Crippen LogP contribution in [0.15, 0.2) is 30.6 Å². The lowest BCUT2D eigenvalue weighted by Gasteiger charge is -2.46. The van der Waals surface area contributed by atoms with Crippen LogP contribution in [-0.4, -0.2) is 63.6 Å². The SMILES string of the molecule is CCC[C@H](C)NC(=O)Oc1ccc(-c2nc(C3CCC(N4CC(F)(F)C4)CC3)n3ccnc(C)c23)cc1OC. The van der Waals surface area contributed by atoms with Gasteiger partial charge in [-0.15, -0.1) is 0 Å². The third kappa shape index (κ3) is 5.71. The standard InChI is InChI=1S/C29H37F2N5O3/c1-5-6-18(2)33-28(37)39-23-12-9-21(15-24(23)38-4)25-26-19(3)32-13-14-36(26)27(34-25)20-7-10-22(11-8-20)35-16-29(30,31)17-35/h9,12-15,18,20,22H,5-8,10-11,16-17H2,1-4H3,(H,33,37)/t18-,20?,22?/m0/s1. The summed E-state index contributed by atoms with van der Waals surface area (Å²) in [6.45, 7) is 5.73. The topological polar surface area (TPSA) is 81.0 Å². The molecular formula is C29H37F2N5O3. The normalized spacial score (nSPS) is 21.8. The number of amides is 1. The van der Waals surface area contributed by atoms with E-state index in [4.69, 9.17) is 14.5 Å². The molecule has 1 amide bonds. The zero-order chi connectivity index (χ0) is 27.7. The Balaban J connectivity index is 1.38. The highest BCUT2D eigenvalue weighted by molar-refractivity contribution is 5.81. The van der Waals surface area contributed by atoms with Gasteiger partial charge in [-0.2, -0.15) is 0 Å². The number of fused-ring (bicyclic) bond motifs is 1. The zero-order valence-electron chi connectivity index (χ0n) is 23.0. The Morgan fingerprint density at radius 1 is 1.21 bits per heavy atom. The maximum absolute atomic E-state index is 13.4. The second kappa shape index (κ2) is 11.1. The van der Waals surface area contributed by atoms with Gasteiger partial charge in [0.1, 0.15) is 5.82 Å². The maximum atomic E-state index is 13.4. The van der Waals surface area contributed by atoms with Crippen LogP contribution in [0.4, 0.5) is 13.6 Å². The molecule has 2 aliphatic rings. The van der Waals surface area contributed by atoms with Crippen molar-refractivity contribution < 1.29 is 23.0 Å². The molecule has 1 saturated carbocycles. The summed E-state index contributed by atoms with van der Waals surface area (Å²) >= 11 is 0. The van der Waals surface area contributed by atoms with Crippen molar-refractivity contribution in [3.8, 4) is 22.8 Å². The van der Waals surface area contributed by atoms with Gasteiger partial charge in [-0.05, 0) is 64.2 Å². The quantitative estimate of drug-likeness (QED) is 0.379. The zero-order valence-corrected chi connectivity index (χ0v) is 23.0. The van der Waals surface area contributed by atoms with Crippen LogP contribution in [0.5, 0.6) is 11.5 Å². The summed E-state index contributed by atoms with van der Waals surface area (Å²) in [6, 6.07) is 5.66. The van der Waals surface area contributed by atoms with Gasteiger partial charge in [-0.25, -0.2) is 18.6 Å². The second-order valence-electron chi connectivity index (χ2n) is 10.9. The van der Waals surface area contributed by atoms with Gasteiger partial charge in [0.05, 0.1) is 37.1 Å². The van der Waals surface area contributed by atoms with E-state index >= 15 is 0 Å². The minimum atomic E-state index is -2.53. The molecule has 0 radical (unpaired) electrons. The van der Waals surface area contributed by atoms with Crippen molar-refractivity contribution in [2.45, 2.75) is 83.2 Å². The van der Waals surface area contributed by atoms with Gasteiger partial charge < -0.3 is 14.8 Å². The van der Waals surface area contributed by atoms with Crippen LogP contribution in [0.25, 0.3) is 16.8 Å². The Morgan fingerprint density at radius 3 is 2.62 bits per heavy atom. The van der Waals surface area contributed by atoms with Gasteiger partial charge in [0.15, 0.2) is 11.5 Å². The van der Waals surface area contributed by atoms with Crippen LogP contribution in [0.1, 0.15) is 69.8 Å². The molecule has 0 bridgehead atoms. The van der Waals surface area contributed by atoms with Crippen molar-refractivity contribution >= 4 is 11.6 Å².